The van der Waals surface area contributed by atoms with Gasteiger partial charge in [0.2, 0.25) is 5.79 Å². The van der Waals surface area contributed by atoms with E-state index in [4.69, 9.17) is 14.2 Å². The molecule has 0 aliphatic carbocycles. The Balaban J connectivity index is 2.16. The van der Waals surface area contributed by atoms with Crippen molar-refractivity contribution in [3.8, 4) is 0 Å². The Hall–Kier alpha value is -1.74. The van der Waals surface area contributed by atoms with Crippen molar-refractivity contribution in [3.63, 3.8) is 0 Å². The molecule has 0 aromatic carbocycles. The lowest BCUT2D eigenvalue weighted by atomic mass is 9.82. The molecule has 138 valence electrons. The molecule has 0 unspecified atom stereocenters. The van der Waals surface area contributed by atoms with E-state index in [0.717, 1.165) is 0 Å². The smallest absolute Gasteiger partial charge is 0.342 e. The van der Waals surface area contributed by atoms with E-state index in [1.807, 2.05) is 0 Å². The Morgan fingerprint density at radius 1 is 1.40 bits per heavy atom. The second kappa shape index (κ2) is 5.63. The Labute approximate surface area is 144 Å². The van der Waals surface area contributed by atoms with Crippen LogP contribution >= 0.6 is 0 Å². The van der Waals surface area contributed by atoms with Gasteiger partial charge in [-0.1, -0.05) is 0 Å². The minimum Gasteiger partial charge on any atom is -0.454 e. The predicted octanol–water partition coefficient (Wildman–Crippen LogP) is 0.0601. The monoisotopic (exact) mass is 354 g/mol. The van der Waals surface area contributed by atoms with E-state index < -0.39 is 41.6 Å². The van der Waals surface area contributed by atoms with Gasteiger partial charge in [-0.25, -0.2) is 4.79 Å². The lowest BCUT2D eigenvalue weighted by Gasteiger charge is -2.42. The highest BCUT2D eigenvalue weighted by Crippen LogP contribution is 2.50. The van der Waals surface area contributed by atoms with Gasteiger partial charge in [0.1, 0.15) is 5.76 Å². The number of fused-ring (bicyclic) bond motifs is 3. The van der Waals surface area contributed by atoms with E-state index in [1.54, 1.807) is 6.92 Å². The Morgan fingerprint density at radius 2 is 2.08 bits per heavy atom. The van der Waals surface area contributed by atoms with Gasteiger partial charge in [-0.15, -0.1) is 0 Å². The van der Waals surface area contributed by atoms with E-state index in [-0.39, 0.29) is 29.7 Å². The first-order valence-corrected chi connectivity index (χ1v) is 8.12. The summed E-state index contributed by atoms with van der Waals surface area (Å²) in [5.74, 6) is -3.09. The molecule has 0 aromatic rings. The second-order valence-electron chi connectivity index (χ2n) is 7.19. The largest absolute Gasteiger partial charge is 0.454 e. The molecule has 8 nitrogen and oxygen atoms in total. The van der Waals surface area contributed by atoms with Crippen molar-refractivity contribution in [2.24, 2.45) is 0 Å². The van der Waals surface area contributed by atoms with Gasteiger partial charge < -0.3 is 29.5 Å². The highest BCUT2D eigenvalue weighted by Gasteiger charge is 2.60. The zero-order valence-corrected chi connectivity index (χ0v) is 14.4. The van der Waals surface area contributed by atoms with Crippen LogP contribution in [0.3, 0.4) is 0 Å². The number of hydrogen-bond donors (Lipinski definition) is 3. The van der Waals surface area contributed by atoms with Crippen molar-refractivity contribution in [2.45, 2.75) is 63.1 Å². The van der Waals surface area contributed by atoms with Gasteiger partial charge in [0.15, 0.2) is 5.60 Å². The highest BCUT2D eigenvalue weighted by molar-refractivity contribution is 5.95. The Kier molecular flexibility index (Phi) is 4.07. The number of esters is 2. The van der Waals surface area contributed by atoms with Gasteiger partial charge in [-0.3, -0.25) is 4.79 Å². The van der Waals surface area contributed by atoms with Crippen LogP contribution in [0.25, 0.3) is 0 Å². The van der Waals surface area contributed by atoms with Crippen molar-refractivity contribution in [2.75, 3.05) is 6.61 Å². The van der Waals surface area contributed by atoms with Crippen LogP contribution < -0.4 is 0 Å². The van der Waals surface area contributed by atoms with Crippen molar-refractivity contribution in [1.82, 2.24) is 0 Å². The maximum absolute atomic E-state index is 12.0. The number of aliphatic hydroxyl groups is 3. The van der Waals surface area contributed by atoms with Crippen LogP contribution in [0.2, 0.25) is 0 Å². The number of hydrogen-bond acceptors (Lipinski definition) is 8. The molecule has 3 aliphatic heterocycles. The molecule has 0 saturated carbocycles. The SMILES string of the molecule is CC(=O)O[C@]1(C)C[C@H](O)C2=C(CO)C(=O)O/C2=C/[C@]2(C)CC[C@@]1(O)O2. The summed E-state index contributed by atoms with van der Waals surface area (Å²) in [4.78, 5) is 23.6. The van der Waals surface area contributed by atoms with E-state index in [1.165, 1.54) is 19.9 Å². The fraction of sp³-hybridized carbons (Fsp3) is 0.647. The fourth-order valence-corrected chi connectivity index (χ4v) is 3.82. The third-order valence-corrected chi connectivity index (χ3v) is 5.11. The minimum atomic E-state index is -1.81. The lowest BCUT2D eigenvalue weighted by molar-refractivity contribution is -0.302. The normalized spacial score (nSPS) is 42.7. The molecule has 0 amide bonds. The predicted molar refractivity (Wildman–Crippen MR) is 82.8 cm³/mol. The average molecular weight is 354 g/mol. The zero-order chi connectivity index (χ0) is 18.6. The van der Waals surface area contributed by atoms with Crippen LogP contribution in [0, 0.1) is 0 Å². The van der Waals surface area contributed by atoms with E-state index in [0.29, 0.717) is 6.42 Å². The summed E-state index contributed by atoms with van der Waals surface area (Å²) in [6.07, 6.45) is 0.540. The van der Waals surface area contributed by atoms with Crippen molar-refractivity contribution in [1.29, 1.82) is 0 Å². The molecule has 3 rings (SSSR count). The number of carbonyl (C=O) groups is 2. The summed E-state index contributed by atoms with van der Waals surface area (Å²) in [7, 11) is 0. The summed E-state index contributed by atoms with van der Waals surface area (Å²) in [6, 6.07) is 0. The maximum atomic E-state index is 12.0. The first-order valence-electron chi connectivity index (χ1n) is 8.12. The molecule has 0 spiro atoms. The maximum Gasteiger partial charge on any atom is 0.342 e. The molecule has 3 aliphatic rings. The van der Waals surface area contributed by atoms with Gasteiger partial charge in [0, 0.05) is 25.3 Å². The van der Waals surface area contributed by atoms with Crippen molar-refractivity contribution >= 4 is 11.9 Å². The number of ether oxygens (including phenoxy) is 3. The van der Waals surface area contributed by atoms with Gasteiger partial charge >= 0.3 is 11.9 Å². The molecule has 0 aromatic heterocycles. The zero-order valence-electron chi connectivity index (χ0n) is 14.4. The van der Waals surface area contributed by atoms with Crippen LogP contribution in [0.4, 0.5) is 0 Å². The number of aliphatic hydroxyl groups excluding tert-OH is 2. The summed E-state index contributed by atoms with van der Waals surface area (Å²) < 4.78 is 16.4. The molecule has 25 heavy (non-hydrogen) atoms. The standard InChI is InChI=1S/C17H22O8/c1-9(19)24-16(3)6-11(20)13-10(8-18)14(21)23-12(13)7-15(2)4-5-17(16,22)25-15/h7,11,18,20,22H,4-6,8H2,1-3H3/b12-7+/t11-,15-,16+,17+/m0/s1. The first-order chi connectivity index (χ1) is 11.5. The Morgan fingerprint density at radius 3 is 2.68 bits per heavy atom. The Bertz CT molecular complexity index is 695. The molecule has 3 heterocycles. The van der Waals surface area contributed by atoms with Crippen LogP contribution in [0.15, 0.2) is 23.0 Å². The highest BCUT2D eigenvalue weighted by atomic mass is 16.7. The molecule has 1 saturated heterocycles. The minimum absolute atomic E-state index is 0.0581. The second-order valence-corrected chi connectivity index (χ2v) is 7.19. The molecular formula is C17H22O8. The van der Waals surface area contributed by atoms with Gasteiger partial charge in [0.05, 0.1) is 23.9 Å². The molecule has 4 atom stereocenters. The third-order valence-electron chi connectivity index (χ3n) is 5.11. The van der Waals surface area contributed by atoms with Gasteiger partial charge in [-0.05, 0) is 26.3 Å². The number of carbonyl (C=O) groups excluding carboxylic acids is 2. The quantitative estimate of drug-likeness (QED) is 0.595. The third kappa shape index (κ3) is 2.79. The molecular weight excluding hydrogens is 332 g/mol. The first kappa shape index (κ1) is 18.1. The number of rotatable bonds is 2. The molecule has 2 bridgehead atoms. The molecule has 1 fully saturated rings. The molecule has 0 radical (unpaired) electrons. The summed E-state index contributed by atoms with van der Waals surface area (Å²) in [6.45, 7) is 3.78. The van der Waals surface area contributed by atoms with Crippen LogP contribution in [0.5, 0.6) is 0 Å². The van der Waals surface area contributed by atoms with Crippen LogP contribution in [-0.4, -0.2) is 57.0 Å². The average Bonchev–Trinajstić information content (AvgIpc) is 2.95. The summed E-state index contributed by atoms with van der Waals surface area (Å²) in [5.41, 5.74) is -2.48. The van der Waals surface area contributed by atoms with Crippen LogP contribution in [0.1, 0.15) is 40.0 Å². The lowest BCUT2D eigenvalue weighted by Crippen LogP contribution is -2.56. The van der Waals surface area contributed by atoms with Gasteiger partial charge in [-0.2, -0.15) is 0 Å². The van der Waals surface area contributed by atoms with Crippen LogP contribution in [-0.2, 0) is 23.8 Å². The fourth-order valence-electron chi connectivity index (χ4n) is 3.82. The van der Waals surface area contributed by atoms with Crippen molar-refractivity contribution < 1.29 is 39.1 Å². The topological polar surface area (TPSA) is 123 Å². The summed E-state index contributed by atoms with van der Waals surface area (Å²) >= 11 is 0. The van der Waals surface area contributed by atoms with E-state index in [9.17, 15) is 24.9 Å². The van der Waals surface area contributed by atoms with Gasteiger partial charge in [0.25, 0.3) is 0 Å². The van der Waals surface area contributed by atoms with Crippen molar-refractivity contribution in [3.05, 3.63) is 23.0 Å². The summed E-state index contributed by atoms with van der Waals surface area (Å²) in [5, 5.41) is 31.2. The molecule has 3 N–H and O–H groups in total. The molecule has 8 heteroatoms. The van der Waals surface area contributed by atoms with E-state index in [2.05, 4.69) is 0 Å². The van der Waals surface area contributed by atoms with E-state index >= 15 is 0 Å².